The number of carbonyl (C=O) groups is 2. The van der Waals surface area contributed by atoms with Crippen LogP contribution in [0, 0.1) is 6.92 Å². The van der Waals surface area contributed by atoms with E-state index in [1.165, 1.54) is 20.5 Å². The van der Waals surface area contributed by atoms with Gasteiger partial charge < -0.3 is 0 Å². The van der Waals surface area contributed by atoms with Gasteiger partial charge in [0.1, 0.15) is 4.21 Å². The lowest BCUT2D eigenvalue weighted by atomic mass is 10.2. The Morgan fingerprint density at radius 3 is 2.45 bits per heavy atom. The number of anilines is 1. The highest BCUT2D eigenvalue weighted by Gasteiger charge is 2.44. The molecule has 2 aliphatic heterocycles. The summed E-state index contributed by atoms with van der Waals surface area (Å²) in [4.78, 5) is 28.6. The highest BCUT2D eigenvalue weighted by molar-refractivity contribution is 7.91. The highest BCUT2D eigenvalue weighted by atomic mass is 35.5. The predicted molar refractivity (Wildman–Crippen MR) is 112 cm³/mol. The minimum atomic E-state index is -3.50. The third-order valence-corrected chi connectivity index (χ3v) is 9.02. The van der Waals surface area contributed by atoms with Crippen molar-refractivity contribution in [2.75, 3.05) is 31.1 Å². The maximum Gasteiger partial charge on any atom is 0.252 e. The molecule has 1 atom stereocenters. The van der Waals surface area contributed by atoms with Gasteiger partial charge in [-0.15, -0.1) is 11.3 Å². The van der Waals surface area contributed by atoms with E-state index in [1.807, 2.05) is 11.8 Å². The summed E-state index contributed by atoms with van der Waals surface area (Å²) in [5.74, 6) is -0.557. The van der Waals surface area contributed by atoms with Gasteiger partial charge in [-0.3, -0.25) is 14.5 Å². The molecule has 2 fully saturated rings. The van der Waals surface area contributed by atoms with E-state index < -0.39 is 16.1 Å². The van der Waals surface area contributed by atoms with Crippen molar-refractivity contribution in [3.05, 3.63) is 46.3 Å². The number of sulfonamides is 1. The first kappa shape index (κ1) is 20.5. The van der Waals surface area contributed by atoms with Crippen LogP contribution in [0.2, 0.25) is 5.02 Å². The molecule has 2 aliphatic rings. The fraction of sp³-hybridized carbons (Fsp3) is 0.368. The molecular formula is C19H20ClN3O4S2. The van der Waals surface area contributed by atoms with Crippen LogP contribution < -0.4 is 4.90 Å². The summed E-state index contributed by atoms with van der Waals surface area (Å²) >= 11 is 7.34. The quantitative estimate of drug-likeness (QED) is 0.664. The molecule has 4 rings (SSSR count). The van der Waals surface area contributed by atoms with Crippen LogP contribution in [0.15, 0.2) is 39.9 Å². The normalized spacial score (nSPS) is 21.9. The van der Waals surface area contributed by atoms with Crippen molar-refractivity contribution in [2.45, 2.75) is 23.6 Å². The SMILES string of the molecule is Cc1ccc(N2C(=O)C[C@@H](N3CCN(S(=O)(=O)c4cccs4)CC3)C2=O)cc1Cl. The molecule has 2 aromatic rings. The highest BCUT2D eigenvalue weighted by Crippen LogP contribution is 2.30. The molecule has 0 unspecified atom stereocenters. The van der Waals surface area contributed by atoms with Crippen molar-refractivity contribution >= 4 is 50.5 Å². The summed E-state index contributed by atoms with van der Waals surface area (Å²) in [7, 11) is -3.50. The van der Waals surface area contributed by atoms with Crippen LogP contribution in [0.4, 0.5) is 5.69 Å². The van der Waals surface area contributed by atoms with Crippen molar-refractivity contribution < 1.29 is 18.0 Å². The first-order valence-corrected chi connectivity index (χ1v) is 11.9. The molecule has 2 amide bonds. The third-order valence-electron chi connectivity index (χ3n) is 5.34. The van der Waals surface area contributed by atoms with Gasteiger partial charge in [0.25, 0.3) is 15.9 Å². The van der Waals surface area contributed by atoms with Crippen LogP contribution in [-0.4, -0.2) is 61.7 Å². The average molecular weight is 454 g/mol. The van der Waals surface area contributed by atoms with Gasteiger partial charge in [0.15, 0.2) is 0 Å². The van der Waals surface area contributed by atoms with Gasteiger partial charge in [0, 0.05) is 31.2 Å². The fourth-order valence-electron chi connectivity index (χ4n) is 3.69. The zero-order valence-corrected chi connectivity index (χ0v) is 18.1. The second-order valence-corrected chi connectivity index (χ2v) is 10.6. The maximum absolute atomic E-state index is 13.0. The van der Waals surface area contributed by atoms with E-state index in [2.05, 4.69) is 0 Å². The maximum atomic E-state index is 13.0. The van der Waals surface area contributed by atoms with Gasteiger partial charge in [-0.25, -0.2) is 13.3 Å². The molecule has 0 N–H and O–H groups in total. The Labute approximate surface area is 178 Å². The van der Waals surface area contributed by atoms with Crippen LogP contribution in [-0.2, 0) is 19.6 Å². The van der Waals surface area contributed by atoms with E-state index in [1.54, 1.807) is 35.7 Å². The third kappa shape index (κ3) is 3.73. The molecule has 3 heterocycles. The lowest BCUT2D eigenvalue weighted by molar-refractivity contribution is -0.123. The monoisotopic (exact) mass is 453 g/mol. The molecule has 29 heavy (non-hydrogen) atoms. The summed E-state index contributed by atoms with van der Waals surface area (Å²) in [6.45, 7) is 3.23. The largest absolute Gasteiger partial charge is 0.289 e. The van der Waals surface area contributed by atoms with Gasteiger partial charge in [-0.05, 0) is 36.1 Å². The summed E-state index contributed by atoms with van der Waals surface area (Å²) in [6.07, 6.45) is 0.0853. The van der Waals surface area contributed by atoms with E-state index in [0.29, 0.717) is 28.0 Å². The van der Waals surface area contributed by atoms with Gasteiger partial charge in [-0.2, -0.15) is 4.31 Å². The molecule has 1 aromatic heterocycles. The summed E-state index contributed by atoms with van der Waals surface area (Å²) in [6, 6.07) is 7.85. The number of imide groups is 1. The summed E-state index contributed by atoms with van der Waals surface area (Å²) in [5, 5.41) is 2.23. The Balaban J connectivity index is 1.46. The van der Waals surface area contributed by atoms with E-state index in [0.717, 1.165) is 5.56 Å². The molecule has 0 saturated carbocycles. The lowest BCUT2D eigenvalue weighted by Crippen LogP contribution is -2.53. The van der Waals surface area contributed by atoms with E-state index >= 15 is 0 Å². The molecule has 2 saturated heterocycles. The average Bonchev–Trinajstić information content (AvgIpc) is 3.33. The Morgan fingerprint density at radius 2 is 1.83 bits per heavy atom. The Bertz CT molecular complexity index is 1050. The molecular weight excluding hydrogens is 434 g/mol. The van der Waals surface area contributed by atoms with E-state index in [-0.39, 0.29) is 31.3 Å². The predicted octanol–water partition coefficient (Wildman–Crippen LogP) is 2.35. The number of rotatable bonds is 4. The Morgan fingerprint density at radius 1 is 1.10 bits per heavy atom. The minimum Gasteiger partial charge on any atom is -0.289 e. The number of benzene rings is 1. The van der Waals surface area contributed by atoms with Crippen molar-refractivity contribution in [3.63, 3.8) is 0 Å². The van der Waals surface area contributed by atoms with Crippen molar-refractivity contribution in [1.29, 1.82) is 0 Å². The van der Waals surface area contributed by atoms with Crippen molar-refractivity contribution in [2.24, 2.45) is 0 Å². The fourth-order valence-corrected chi connectivity index (χ4v) is 6.43. The number of hydrogen-bond acceptors (Lipinski definition) is 6. The molecule has 154 valence electrons. The first-order chi connectivity index (χ1) is 13.8. The number of piperazine rings is 1. The smallest absolute Gasteiger partial charge is 0.252 e. The number of carbonyl (C=O) groups excluding carboxylic acids is 2. The molecule has 1 aromatic carbocycles. The summed E-state index contributed by atoms with van der Waals surface area (Å²) in [5.41, 5.74) is 1.34. The first-order valence-electron chi connectivity index (χ1n) is 9.19. The molecule has 0 aliphatic carbocycles. The van der Waals surface area contributed by atoms with Crippen LogP contribution in [0.25, 0.3) is 0 Å². The van der Waals surface area contributed by atoms with Gasteiger partial charge >= 0.3 is 0 Å². The van der Waals surface area contributed by atoms with E-state index in [4.69, 9.17) is 11.6 Å². The van der Waals surface area contributed by atoms with Crippen molar-refractivity contribution in [1.82, 2.24) is 9.21 Å². The number of hydrogen-bond donors (Lipinski definition) is 0. The minimum absolute atomic E-state index is 0.0853. The Hall–Kier alpha value is -1.78. The second kappa shape index (κ2) is 7.81. The lowest BCUT2D eigenvalue weighted by Gasteiger charge is -2.36. The van der Waals surface area contributed by atoms with Gasteiger partial charge in [0.2, 0.25) is 5.91 Å². The van der Waals surface area contributed by atoms with Gasteiger partial charge in [-0.1, -0.05) is 23.7 Å². The zero-order chi connectivity index (χ0) is 20.8. The van der Waals surface area contributed by atoms with Gasteiger partial charge in [0.05, 0.1) is 18.2 Å². The van der Waals surface area contributed by atoms with Crippen LogP contribution in [0.3, 0.4) is 0 Å². The molecule has 0 bridgehead atoms. The van der Waals surface area contributed by atoms with Crippen LogP contribution in [0.5, 0.6) is 0 Å². The molecule has 7 nitrogen and oxygen atoms in total. The van der Waals surface area contributed by atoms with Crippen LogP contribution >= 0.6 is 22.9 Å². The molecule has 10 heteroatoms. The van der Waals surface area contributed by atoms with Crippen molar-refractivity contribution in [3.8, 4) is 0 Å². The number of nitrogens with zero attached hydrogens (tertiary/aromatic N) is 3. The number of halogens is 1. The molecule has 0 spiro atoms. The molecule has 0 radical (unpaired) electrons. The number of amides is 2. The standard InChI is InChI=1S/C19H20ClN3O4S2/c1-13-4-5-14(11-15(13)20)23-17(24)12-16(19(23)25)21-6-8-22(9-7-21)29(26,27)18-3-2-10-28-18/h2-5,10-11,16H,6-9,12H2,1H3/t16-/m1/s1. The number of thiophene rings is 1. The zero-order valence-electron chi connectivity index (χ0n) is 15.7. The Kier molecular flexibility index (Phi) is 5.52. The second-order valence-electron chi connectivity index (χ2n) is 7.09. The topological polar surface area (TPSA) is 78.0 Å². The summed E-state index contributed by atoms with van der Waals surface area (Å²) < 4.78 is 27.1. The number of aryl methyl sites for hydroxylation is 1. The van der Waals surface area contributed by atoms with E-state index in [9.17, 15) is 18.0 Å². The van der Waals surface area contributed by atoms with Crippen LogP contribution in [0.1, 0.15) is 12.0 Å².